The molecule has 1 aliphatic rings. The van der Waals surface area contributed by atoms with Gasteiger partial charge in [-0.15, -0.1) is 0 Å². The predicted octanol–water partition coefficient (Wildman–Crippen LogP) is 3.78. The van der Waals surface area contributed by atoms with Crippen molar-refractivity contribution >= 4 is 33.4 Å². The highest BCUT2D eigenvalue weighted by molar-refractivity contribution is 9.10. The van der Waals surface area contributed by atoms with E-state index in [0.717, 1.165) is 30.2 Å². The Morgan fingerprint density at radius 1 is 1.35 bits per heavy atom. The molecule has 0 heterocycles. The van der Waals surface area contributed by atoms with E-state index in [0.29, 0.717) is 17.1 Å². The SMILES string of the molecule is O=C(NCC1(CO)CCCCC1)c1cc(Cl)ccc1Br. The summed E-state index contributed by atoms with van der Waals surface area (Å²) in [6.45, 7) is 0.644. The molecule has 2 rings (SSSR count). The third-order valence-electron chi connectivity index (χ3n) is 4.05. The molecule has 3 nitrogen and oxygen atoms in total. The van der Waals surface area contributed by atoms with Crippen LogP contribution in [-0.2, 0) is 0 Å². The standard InChI is InChI=1S/C15H19BrClNO2/c16-13-5-4-11(17)8-12(13)14(20)18-9-15(10-19)6-2-1-3-7-15/h4-5,8,19H,1-3,6-7,9-10H2,(H,18,20). The highest BCUT2D eigenvalue weighted by atomic mass is 79.9. The lowest BCUT2D eigenvalue weighted by Crippen LogP contribution is -2.41. The first-order valence-corrected chi connectivity index (χ1v) is 8.08. The first kappa shape index (κ1) is 15.8. The fourth-order valence-corrected chi connectivity index (χ4v) is 3.33. The Kier molecular flexibility index (Phi) is 5.47. The van der Waals surface area contributed by atoms with Crippen LogP contribution in [0.15, 0.2) is 22.7 Å². The fraction of sp³-hybridized carbons (Fsp3) is 0.533. The molecule has 1 aromatic rings. The highest BCUT2D eigenvalue weighted by Gasteiger charge is 2.31. The third kappa shape index (κ3) is 3.74. The number of amides is 1. The van der Waals surface area contributed by atoms with Gasteiger partial charge in [0.15, 0.2) is 0 Å². The van der Waals surface area contributed by atoms with Gasteiger partial charge in [0.25, 0.3) is 5.91 Å². The molecule has 1 saturated carbocycles. The maximum absolute atomic E-state index is 12.2. The summed E-state index contributed by atoms with van der Waals surface area (Å²) in [5.41, 5.74) is 0.375. The lowest BCUT2D eigenvalue weighted by Gasteiger charge is -2.35. The van der Waals surface area contributed by atoms with Crippen LogP contribution in [0, 0.1) is 5.41 Å². The molecule has 0 unspecified atom stereocenters. The van der Waals surface area contributed by atoms with E-state index < -0.39 is 0 Å². The van der Waals surface area contributed by atoms with Gasteiger partial charge in [-0.25, -0.2) is 0 Å². The van der Waals surface area contributed by atoms with Crippen LogP contribution < -0.4 is 5.32 Å². The largest absolute Gasteiger partial charge is 0.396 e. The molecule has 20 heavy (non-hydrogen) atoms. The van der Waals surface area contributed by atoms with Crippen LogP contribution in [0.25, 0.3) is 0 Å². The van der Waals surface area contributed by atoms with E-state index in [4.69, 9.17) is 11.6 Å². The molecule has 1 aromatic carbocycles. The monoisotopic (exact) mass is 359 g/mol. The van der Waals surface area contributed by atoms with E-state index in [2.05, 4.69) is 21.2 Å². The molecule has 1 fully saturated rings. The smallest absolute Gasteiger partial charge is 0.252 e. The molecule has 0 aliphatic heterocycles. The van der Waals surface area contributed by atoms with Gasteiger partial charge in [-0.2, -0.15) is 0 Å². The molecular weight excluding hydrogens is 342 g/mol. The average molecular weight is 361 g/mol. The van der Waals surface area contributed by atoms with E-state index in [1.807, 2.05) is 0 Å². The van der Waals surface area contributed by atoms with Crippen molar-refractivity contribution in [2.75, 3.05) is 13.2 Å². The van der Waals surface area contributed by atoms with Gasteiger partial charge in [0.05, 0.1) is 12.2 Å². The summed E-state index contributed by atoms with van der Waals surface area (Å²) >= 11 is 9.28. The average Bonchev–Trinajstić information content (AvgIpc) is 2.48. The lowest BCUT2D eigenvalue weighted by atomic mass is 9.74. The first-order valence-electron chi connectivity index (χ1n) is 6.90. The van der Waals surface area contributed by atoms with Gasteiger partial charge >= 0.3 is 0 Å². The number of carbonyl (C=O) groups excluding carboxylic acids is 1. The maximum atomic E-state index is 12.2. The van der Waals surface area contributed by atoms with Crippen LogP contribution >= 0.6 is 27.5 Å². The van der Waals surface area contributed by atoms with Crippen LogP contribution in [0.2, 0.25) is 5.02 Å². The van der Waals surface area contributed by atoms with Gasteiger partial charge in [0.1, 0.15) is 0 Å². The van der Waals surface area contributed by atoms with Crippen LogP contribution in [0.1, 0.15) is 42.5 Å². The molecule has 0 spiro atoms. The summed E-state index contributed by atoms with van der Waals surface area (Å²) in [5.74, 6) is -0.155. The number of halogens is 2. The summed E-state index contributed by atoms with van der Waals surface area (Å²) in [4.78, 5) is 12.2. The zero-order valence-electron chi connectivity index (χ0n) is 11.3. The molecule has 0 atom stereocenters. The zero-order valence-corrected chi connectivity index (χ0v) is 13.6. The van der Waals surface area contributed by atoms with Crippen molar-refractivity contribution < 1.29 is 9.90 Å². The van der Waals surface area contributed by atoms with Crippen LogP contribution in [0.4, 0.5) is 0 Å². The fourth-order valence-electron chi connectivity index (χ4n) is 2.73. The van der Waals surface area contributed by atoms with Crippen LogP contribution in [-0.4, -0.2) is 24.2 Å². The van der Waals surface area contributed by atoms with Gasteiger partial charge in [-0.3, -0.25) is 4.79 Å². The van der Waals surface area contributed by atoms with Crippen molar-refractivity contribution in [2.45, 2.75) is 32.1 Å². The van der Waals surface area contributed by atoms with Crippen molar-refractivity contribution in [3.63, 3.8) is 0 Å². The van der Waals surface area contributed by atoms with Gasteiger partial charge in [0.2, 0.25) is 0 Å². The number of carbonyl (C=O) groups is 1. The molecule has 0 radical (unpaired) electrons. The molecule has 1 aliphatic carbocycles. The summed E-state index contributed by atoms with van der Waals surface area (Å²) < 4.78 is 0.723. The molecule has 0 bridgehead atoms. The van der Waals surface area contributed by atoms with Crippen LogP contribution in [0.5, 0.6) is 0 Å². The van der Waals surface area contributed by atoms with Crippen LogP contribution in [0.3, 0.4) is 0 Å². The van der Waals surface area contributed by atoms with E-state index in [1.54, 1.807) is 18.2 Å². The summed E-state index contributed by atoms with van der Waals surface area (Å²) in [7, 11) is 0. The van der Waals surface area contributed by atoms with Crippen molar-refractivity contribution in [3.05, 3.63) is 33.3 Å². The van der Waals surface area contributed by atoms with Gasteiger partial charge < -0.3 is 10.4 Å². The second-order valence-electron chi connectivity index (χ2n) is 5.53. The highest BCUT2D eigenvalue weighted by Crippen LogP contribution is 2.35. The Hall–Kier alpha value is -0.580. The normalized spacial score (nSPS) is 17.8. The van der Waals surface area contributed by atoms with Crippen molar-refractivity contribution in [1.82, 2.24) is 5.32 Å². The van der Waals surface area contributed by atoms with Crippen molar-refractivity contribution in [2.24, 2.45) is 5.41 Å². The topological polar surface area (TPSA) is 49.3 Å². The Bertz CT molecular complexity index is 487. The lowest BCUT2D eigenvalue weighted by molar-refractivity contribution is 0.0717. The summed E-state index contributed by atoms with van der Waals surface area (Å²) in [6, 6.07) is 5.14. The van der Waals surface area contributed by atoms with E-state index in [9.17, 15) is 9.90 Å². The predicted molar refractivity (Wildman–Crippen MR) is 84.1 cm³/mol. The summed E-state index contributed by atoms with van der Waals surface area (Å²) in [6.07, 6.45) is 5.41. The Morgan fingerprint density at radius 3 is 2.70 bits per heavy atom. The van der Waals surface area contributed by atoms with E-state index in [-0.39, 0.29) is 17.9 Å². The van der Waals surface area contributed by atoms with E-state index in [1.165, 1.54) is 6.42 Å². The zero-order chi connectivity index (χ0) is 14.6. The number of aliphatic hydroxyl groups excluding tert-OH is 1. The third-order valence-corrected chi connectivity index (χ3v) is 4.97. The quantitative estimate of drug-likeness (QED) is 0.858. The number of aliphatic hydroxyl groups is 1. The number of benzene rings is 1. The van der Waals surface area contributed by atoms with Crippen molar-refractivity contribution in [1.29, 1.82) is 0 Å². The molecule has 5 heteroatoms. The molecule has 110 valence electrons. The number of hydrogen-bond acceptors (Lipinski definition) is 2. The number of nitrogens with one attached hydrogen (secondary N) is 1. The minimum Gasteiger partial charge on any atom is -0.396 e. The summed E-state index contributed by atoms with van der Waals surface area (Å²) in [5, 5.41) is 13.1. The second kappa shape index (κ2) is 6.92. The first-order chi connectivity index (χ1) is 9.56. The Balaban J connectivity index is 2.02. The minimum absolute atomic E-state index is 0.129. The molecular formula is C15H19BrClNO2. The van der Waals surface area contributed by atoms with Gasteiger partial charge in [-0.05, 0) is 47.0 Å². The maximum Gasteiger partial charge on any atom is 0.252 e. The second-order valence-corrected chi connectivity index (χ2v) is 6.82. The Labute approximate surface area is 132 Å². The molecule has 2 N–H and O–H groups in total. The minimum atomic E-state index is -0.155. The number of hydrogen-bond donors (Lipinski definition) is 2. The molecule has 0 saturated heterocycles. The van der Waals surface area contributed by atoms with Gasteiger partial charge in [0, 0.05) is 21.5 Å². The number of rotatable bonds is 4. The van der Waals surface area contributed by atoms with Gasteiger partial charge in [-0.1, -0.05) is 30.9 Å². The Morgan fingerprint density at radius 2 is 2.05 bits per heavy atom. The molecule has 0 aromatic heterocycles. The molecule has 1 amide bonds. The van der Waals surface area contributed by atoms with E-state index >= 15 is 0 Å². The van der Waals surface area contributed by atoms with Crippen molar-refractivity contribution in [3.8, 4) is 0 Å².